The summed E-state index contributed by atoms with van der Waals surface area (Å²) in [7, 11) is 0. The molecule has 0 aliphatic heterocycles. The summed E-state index contributed by atoms with van der Waals surface area (Å²) in [4.78, 5) is 0. The summed E-state index contributed by atoms with van der Waals surface area (Å²) in [5.41, 5.74) is 5.96. The number of aryl methyl sites for hydroxylation is 1. The minimum Gasteiger partial charge on any atom is -0.327 e. The van der Waals surface area contributed by atoms with Crippen molar-refractivity contribution in [3.05, 3.63) is 41.0 Å². The molecule has 0 amide bonds. The first-order valence-electron chi connectivity index (χ1n) is 4.49. The molecule has 82 valence electrons. The zero-order chi connectivity index (χ0) is 11.5. The van der Waals surface area contributed by atoms with Crippen LogP contribution >= 0.6 is 0 Å². The molecule has 2 N–H and O–H groups in total. The molecule has 0 fully saturated rings. The van der Waals surface area contributed by atoms with E-state index in [9.17, 15) is 13.2 Å². The molecule has 0 heterocycles. The molecule has 1 rings (SSSR count). The maximum Gasteiger partial charge on any atom is 0.416 e. The number of hydrogen-bond donors (Lipinski definition) is 1. The van der Waals surface area contributed by atoms with Gasteiger partial charge in [0, 0.05) is 6.54 Å². The van der Waals surface area contributed by atoms with E-state index in [4.69, 9.17) is 5.73 Å². The lowest BCUT2D eigenvalue weighted by molar-refractivity contribution is -0.137. The van der Waals surface area contributed by atoms with Crippen LogP contribution in [-0.2, 0) is 6.18 Å². The van der Waals surface area contributed by atoms with Gasteiger partial charge in [0.2, 0.25) is 0 Å². The maximum atomic E-state index is 12.4. The zero-order valence-corrected chi connectivity index (χ0v) is 8.31. The summed E-state index contributed by atoms with van der Waals surface area (Å²) in [6, 6.07) is 3.66. The Labute approximate surface area is 86.4 Å². The molecule has 0 atom stereocenters. The molecule has 0 saturated carbocycles. The molecular weight excluding hydrogens is 203 g/mol. The summed E-state index contributed by atoms with van der Waals surface area (Å²) in [5, 5.41) is 0. The molecular formula is C11H12F3N. The fourth-order valence-corrected chi connectivity index (χ4v) is 1.19. The van der Waals surface area contributed by atoms with Crippen LogP contribution in [0.2, 0.25) is 0 Å². The van der Waals surface area contributed by atoms with Crippen molar-refractivity contribution < 1.29 is 13.2 Å². The Bertz CT molecular complexity index is 367. The van der Waals surface area contributed by atoms with E-state index < -0.39 is 11.7 Å². The van der Waals surface area contributed by atoms with Gasteiger partial charge in [0.1, 0.15) is 0 Å². The summed E-state index contributed by atoms with van der Waals surface area (Å²) in [6.07, 6.45) is -1.06. The third-order valence-electron chi connectivity index (χ3n) is 2.04. The Morgan fingerprint density at radius 1 is 1.33 bits per heavy atom. The summed E-state index contributed by atoms with van der Waals surface area (Å²) in [5.74, 6) is 0. The van der Waals surface area contributed by atoms with E-state index in [1.165, 1.54) is 6.07 Å². The van der Waals surface area contributed by atoms with Crippen LogP contribution in [0.5, 0.6) is 0 Å². The number of halogens is 3. The summed E-state index contributed by atoms with van der Waals surface area (Å²) >= 11 is 0. The lowest BCUT2D eigenvalue weighted by Crippen LogP contribution is -2.05. The van der Waals surface area contributed by atoms with Gasteiger partial charge in [-0.1, -0.05) is 18.2 Å². The van der Waals surface area contributed by atoms with Crippen molar-refractivity contribution >= 4 is 6.08 Å². The smallest absolute Gasteiger partial charge is 0.327 e. The molecule has 0 radical (unpaired) electrons. The van der Waals surface area contributed by atoms with E-state index >= 15 is 0 Å². The Morgan fingerprint density at radius 3 is 2.53 bits per heavy atom. The average Bonchev–Trinajstić information content (AvgIpc) is 2.15. The minimum atomic E-state index is -4.29. The highest BCUT2D eigenvalue weighted by Crippen LogP contribution is 2.30. The van der Waals surface area contributed by atoms with E-state index in [2.05, 4.69) is 0 Å². The molecule has 0 aliphatic rings. The first kappa shape index (κ1) is 11.8. The van der Waals surface area contributed by atoms with E-state index in [1.807, 2.05) is 0 Å². The van der Waals surface area contributed by atoms with Crippen LogP contribution in [0.3, 0.4) is 0 Å². The highest BCUT2D eigenvalue weighted by Gasteiger charge is 2.30. The second kappa shape index (κ2) is 4.49. The van der Waals surface area contributed by atoms with Crippen LogP contribution in [0.25, 0.3) is 6.08 Å². The van der Waals surface area contributed by atoms with Gasteiger partial charge in [-0.2, -0.15) is 13.2 Å². The van der Waals surface area contributed by atoms with Crippen LogP contribution < -0.4 is 5.73 Å². The van der Waals surface area contributed by atoms with Crippen molar-refractivity contribution in [1.82, 2.24) is 0 Å². The van der Waals surface area contributed by atoms with Crippen molar-refractivity contribution in [2.45, 2.75) is 13.1 Å². The largest absolute Gasteiger partial charge is 0.416 e. The van der Waals surface area contributed by atoms with E-state index in [-0.39, 0.29) is 0 Å². The molecule has 0 bridgehead atoms. The Hall–Kier alpha value is -1.29. The van der Waals surface area contributed by atoms with Crippen molar-refractivity contribution in [2.75, 3.05) is 6.54 Å². The van der Waals surface area contributed by atoms with Crippen molar-refractivity contribution in [2.24, 2.45) is 5.73 Å². The molecule has 0 spiro atoms. The second-order valence-corrected chi connectivity index (χ2v) is 3.21. The van der Waals surface area contributed by atoms with Crippen LogP contribution in [0.15, 0.2) is 24.3 Å². The number of nitrogens with two attached hydrogens (primary N) is 1. The van der Waals surface area contributed by atoms with E-state index in [1.54, 1.807) is 19.1 Å². The summed E-state index contributed by atoms with van der Waals surface area (Å²) < 4.78 is 37.1. The Morgan fingerprint density at radius 2 is 2.00 bits per heavy atom. The zero-order valence-electron chi connectivity index (χ0n) is 8.31. The lowest BCUT2D eigenvalue weighted by atomic mass is 10.0. The third kappa shape index (κ3) is 3.09. The number of hydrogen-bond acceptors (Lipinski definition) is 1. The molecule has 1 aromatic rings. The van der Waals surface area contributed by atoms with Gasteiger partial charge in [-0.25, -0.2) is 0 Å². The molecule has 15 heavy (non-hydrogen) atoms. The van der Waals surface area contributed by atoms with Crippen molar-refractivity contribution in [1.29, 1.82) is 0 Å². The minimum absolute atomic E-state index is 0.315. The molecule has 0 aliphatic carbocycles. The standard InChI is InChI=1S/C11H12F3N/c1-8-4-5-10(11(12,13)14)7-9(8)3-2-6-15/h2-5,7H,6,15H2,1H3. The molecule has 0 aromatic heterocycles. The first-order valence-corrected chi connectivity index (χ1v) is 4.49. The lowest BCUT2D eigenvalue weighted by Gasteiger charge is -2.08. The van der Waals surface area contributed by atoms with E-state index in [0.29, 0.717) is 12.1 Å². The van der Waals surface area contributed by atoms with Gasteiger partial charge in [0.05, 0.1) is 5.56 Å². The average molecular weight is 215 g/mol. The number of alkyl halides is 3. The fourth-order valence-electron chi connectivity index (χ4n) is 1.19. The fraction of sp³-hybridized carbons (Fsp3) is 0.273. The summed E-state index contributed by atoms with van der Waals surface area (Å²) in [6.45, 7) is 2.08. The van der Waals surface area contributed by atoms with Gasteiger partial charge in [-0.3, -0.25) is 0 Å². The number of rotatable bonds is 2. The number of benzene rings is 1. The van der Waals surface area contributed by atoms with E-state index in [0.717, 1.165) is 17.7 Å². The highest BCUT2D eigenvalue weighted by molar-refractivity contribution is 5.55. The highest BCUT2D eigenvalue weighted by atomic mass is 19.4. The Balaban J connectivity index is 3.11. The van der Waals surface area contributed by atoms with Crippen LogP contribution in [0, 0.1) is 6.92 Å². The first-order chi connectivity index (χ1) is 6.95. The van der Waals surface area contributed by atoms with Crippen LogP contribution in [0.1, 0.15) is 16.7 Å². The normalized spacial score (nSPS) is 12.3. The molecule has 0 saturated heterocycles. The molecule has 4 heteroatoms. The predicted molar refractivity (Wildman–Crippen MR) is 54.3 cm³/mol. The Kier molecular flexibility index (Phi) is 3.52. The molecule has 0 unspecified atom stereocenters. The van der Waals surface area contributed by atoms with Gasteiger partial charge in [0.15, 0.2) is 0 Å². The van der Waals surface area contributed by atoms with Gasteiger partial charge in [0.25, 0.3) is 0 Å². The third-order valence-corrected chi connectivity index (χ3v) is 2.04. The monoisotopic (exact) mass is 215 g/mol. The molecule has 1 aromatic carbocycles. The van der Waals surface area contributed by atoms with Crippen LogP contribution in [0.4, 0.5) is 13.2 Å². The van der Waals surface area contributed by atoms with Gasteiger partial charge < -0.3 is 5.73 Å². The van der Waals surface area contributed by atoms with Gasteiger partial charge in [-0.05, 0) is 30.2 Å². The van der Waals surface area contributed by atoms with Gasteiger partial charge >= 0.3 is 6.18 Å². The second-order valence-electron chi connectivity index (χ2n) is 3.21. The maximum absolute atomic E-state index is 12.4. The van der Waals surface area contributed by atoms with Gasteiger partial charge in [-0.15, -0.1) is 0 Å². The van der Waals surface area contributed by atoms with Crippen molar-refractivity contribution in [3.63, 3.8) is 0 Å². The SMILES string of the molecule is Cc1ccc(C(F)(F)F)cc1C=CCN. The molecule has 1 nitrogen and oxygen atoms in total. The van der Waals surface area contributed by atoms with Crippen LogP contribution in [-0.4, -0.2) is 6.54 Å². The quantitative estimate of drug-likeness (QED) is 0.806. The topological polar surface area (TPSA) is 26.0 Å². The van der Waals surface area contributed by atoms with Crippen molar-refractivity contribution in [3.8, 4) is 0 Å². The predicted octanol–water partition coefficient (Wildman–Crippen LogP) is 2.99.